The summed E-state index contributed by atoms with van der Waals surface area (Å²) in [4.78, 5) is 14.3. The van der Waals surface area contributed by atoms with Gasteiger partial charge in [0.15, 0.2) is 0 Å². The van der Waals surface area contributed by atoms with Crippen molar-refractivity contribution in [3.05, 3.63) is 35.4 Å². The molecule has 1 saturated heterocycles. The Balaban J connectivity index is 1.49. The van der Waals surface area contributed by atoms with Crippen LogP contribution in [0.5, 0.6) is 0 Å². The van der Waals surface area contributed by atoms with Crippen LogP contribution in [0.1, 0.15) is 54.4 Å². The van der Waals surface area contributed by atoms with Crippen LogP contribution in [0.3, 0.4) is 0 Å². The maximum Gasteiger partial charge on any atom is 0.253 e. The molecule has 25 heavy (non-hydrogen) atoms. The Kier molecular flexibility index (Phi) is 5.79. The van der Waals surface area contributed by atoms with Gasteiger partial charge < -0.3 is 4.90 Å². The van der Waals surface area contributed by atoms with Crippen molar-refractivity contribution in [1.29, 1.82) is 0 Å². The standard InChI is InChI=1S/C19H28N2O3S/c1-15-6-8-17(9-7-15)19(22)21-12-10-18(11-13-21)20-25(23,24)14-16-4-2-3-5-16/h6-9,16,18,20H,2-5,10-14H2,1H3. The van der Waals surface area contributed by atoms with Crippen LogP contribution < -0.4 is 4.72 Å². The van der Waals surface area contributed by atoms with Crippen molar-refractivity contribution in [1.82, 2.24) is 9.62 Å². The van der Waals surface area contributed by atoms with Gasteiger partial charge in [-0.1, -0.05) is 30.5 Å². The number of aryl methyl sites for hydroxylation is 1. The van der Waals surface area contributed by atoms with Gasteiger partial charge >= 0.3 is 0 Å². The number of piperidine rings is 1. The summed E-state index contributed by atoms with van der Waals surface area (Å²) in [6, 6.07) is 7.55. The number of carbonyl (C=O) groups is 1. The van der Waals surface area contributed by atoms with Gasteiger partial charge in [0.05, 0.1) is 5.75 Å². The summed E-state index contributed by atoms with van der Waals surface area (Å²) >= 11 is 0. The molecule has 0 aromatic heterocycles. The van der Waals surface area contributed by atoms with Crippen molar-refractivity contribution >= 4 is 15.9 Å². The predicted molar refractivity (Wildman–Crippen MR) is 99.0 cm³/mol. The minimum atomic E-state index is -3.21. The zero-order chi connectivity index (χ0) is 17.9. The molecule has 5 nitrogen and oxygen atoms in total. The molecule has 2 fully saturated rings. The summed E-state index contributed by atoms with van der Waals surface area (Å²) in [6.07, 6.45) is 5.73. The van der Waals surface area contributed by atoms with E-state index < -0.39 is 10.0 Å². The van der Waals surface area contributed by atoms with E-state index >= 15 is 0 Å². The zero-order valence-electron chi connectivity index (χ0n) is 14.9. The van der Waals surface area contributed by atoms with E-state index in [9.17, 15) is 13.2 Å². The van der Waals surface area contributed by atoms with Crippen LogP contribution in [0.4, 0.5) is 0 Å². The molecule has 0 radical (unpaired) electrons. The topological polar surface area (TPSA) is 66.5 Å². The van der Waals surface area contributed by atoms with Gasteiger partial charge in [-0.3, -0.25) is 4.79 Å². The second-order valence-corrected chi connectivity index (χ2v) is 9.28. The molecule has 138 valence electrons. The van der Waals surface area contributed by atoms with E-state index in [1.54, 1.807) is 0 Å². The molecule has 1 aliphatic carbocycles. The number of carbonyl (C=O) groups excluding carboxylic acids is 1. The van der Waals surface area contributed by atoms with E-state index in [1.807, 2.05) is 36.1 Å². The minimum Gasteiger partial charge on any atom is -0.339 e. The van der Waals surface area contributed by atoms with E-state index in [0.717, 1.165) is 31.2 Å². The number of hydrogen-bond donors (Lipinski definition) is 1. The van der Waals surface area contributed by atoms with E-state index in [-0.39, 0.29) is 17.7 Å². The molecule has 1 heterocycles. The van der Waals surface area contributed by atoms with Gasteiger partial charge in [0.2, 0.25) is 10.0 Å². The van der Waals surface area contributed by atoms with Gasteiger partial charge in [-0.15, -0.1) is 0 Å². The summed E-state index contributed by atoms with van der Waals surface area (Å²) in [7, 11) is -3.21. The molecular weight excluding hydrogens is 336 g/mol. The number of rotatable bonds is 5. The summed E-state index contributed by atoms with van der Waals surface area (Å²) in [5.74, 6) is 0.614. The number of benzene rings is 1. The molecular formula is C19H28N2O3S. The lowest BCUT2D eigenvalue weighted by atomic mass is 10.0. The van der Waals surface area contributed by atoms with Crippen molar-refractivity contribution in [2.45, 2.75) is 51.5 Å². The predicted octanol–water partition coefficient (Wildman–Crippen LogP) is 2.71. The Bertz CT molecular complexity index is 686. The summed E-state index contributed by atoms with van der Waals surface area (Å²) in [6.45, 7) is 3.20. The molecule has 1 aromatic rings. The van der Waals surface area contributed by atoms with Crippen LogP contribution >= 0.6 is 0 Å². The molecule has 3 rings (SSSR count). The highest BCUT2D eigenvalue weighted by Gasteiger charge is 2.28. The molecule has 1 aliphatic heterocycles. The van der Waals surface area contributed by atoms with Gasteiger partial charge in [0.1, 0.15) is 0 Å². The number of nitrogens with one attached hydrogen (secondary N) is 1. The lowest BCUT2D eigenvalue weighted by Crippen LogP contribution is -2.47. The quantitative estimate of drug-likeness (QED) is 0.873. The van der Waals surface area contributed by atoms with Crippen LogP contribution in [-0.2, 0) is 10.0 Å². The molecule has 1 aromatic carbocycles. The highest BCUT2D eigenvalue weighted by atomic mass is 32.2. The second kappa shape index (κ2) is 7.87. The van der Waals surface area contributed by atoms with Crippen molar-refractivity contribution in [2.24, 2.45) is 5.92 Å². The first-order chi connectivity index (χ1) is 11.9. The van der Waals surface area contributed by atoms with Gasteiger partial charge in [-0.25, -0.2) is 13.1 Å². The monoisotopic (exact) mass is 364 g/mol. The fraction of sp³-hybridized carbons (Fsp3) is 0.632. The Morgan fingerprint density at radius 3 is 2.28 bits per heavy atom. The van der Waals surface area contributed by atoms with Crippen LogP contribution in [0.25, 0.3) is 0 Å². The SMILES string of the molecule is Cc1ccc(C(=O)N2CCC(NS(=O)(=O)CC3CCCC3)CC2)cc1. The van der Waals surface area contributed by atoms with Crippen LogP contribution in [0, 0.1) is 12.8 Å². The summed E-state index contributed by atoms with van der Waals surface area (Å²) in [5, 5.41) is 0. The van der Waals surface area contributed by atoms with Gasteiger partial charge in [-0.05, 0) is 50.7 Å². The fourth-order valence-corrected chi connectivity index (χ4v) is 5.66. The Labute approximate surface area is 150 Å². The number of hydrogen-bond acceptors (Lipinski definition) is 3. The molecule has 6 heteroatoms. The van der Waals surface area contributed by atoms with Crippen molar-refractivity contribution < 1.29 is 13.2 Å². The fourth-order valence-electron chi connectivity index (χ4n) is 3.87. The number of sulfonamides is 1. The highest BCUT2D eigenvalue weighted by Crippen LogP contribution is 2.26. The third kappa shape index (κ3) is 5.05. The van der Waals surface area contributed by atoms with Crippen LogP contribution in [-0.4, -0.2) is 44.1 Å². The minimum absolute atomic E-state index is 0.0345. The lowest BCUT2D eigenvalue weighted by Gasteiger charge is -2.32. The first-order valence-corrected chi connectivity index (χ1v) is 10.9. The van der Waals surface area contributed by atoms with E-state index in [2.05, 4.69) is 4.72 Å². The van der Waals surface area contributed by atoms with Crippen molar-refractivity contribution in [3.8, 4) is 0 Å². The summed E-state index contributed by atoms with van der Waals surface area (Å²) in [5.41, 5.74) is 1.83. The van der Waals surface area contributed by atoms with Crippen LogP contribution in [0.2, 0.25) is 0 Å². The smallest absolute Gasteiger partial charge is 0.253 e. The van der Waals surface area contributed by atoms with Gasteiger partial charge in [0.25, 0.3) is 5.91 Å². The normalized spacial score (nSPS) is 20.1. The Morgan fingerprint density at radius 2 is 1.68 bits per heavy atom. The van der Waals surface area contributed by atoms with Gasteiger partial charge in [0, 0.05) is 24.7 Å². The van der Waals surface area contributed by atoms with E-state index in [1.165, 1.54) is 0 Å². The first kappa shape index (κ1) is 18.4. The average molecular weight is 365 g/mol. The first-order valence-electron chi connectivity index (χ1n) is 9.29. The molecule has 0 unspecified atom stereocenters. The molecule has 1 amide bonds. The summed E-state index contributed by atoms with van der Waals surface area (Å²) < 4.78 is 27.5. The number of likely N-dealkylation sites (tertiary alicyclic amines) is 1. The third-order valence-corrected chi connectivity index (χ3v) is 6.96. The maximum absolute atomic E-state index is 12.5. The van der Waals surface area contributed by atoms with Crippen molar-refractivity contribution in [3.63, 3.8) is 0 Å². The largest absolute Gasteiger partial charge is 0.339 e. The molecule has 2 aliphatic rings. The third-order valence-electron chi connectivity index (χ3n) is 5.36. The Morgan fingerprint density at radius 1 is 1.08 bits per heavy atom. The van der Waals surface area contributed by atoms with Crippen LogP contribution in [0.15, 0.2) is 24.3 Å². The Hall–Kier alpha value is -1.40. The van der Waals surface area contributed by atoms with E-state index in [4.69, 9.17) is 0 Å². The number of nitrogens with zero attached hydrogens (tertiary/aromatic N) is 1. The molecule has 0 bridgehead atoms. The maximum atomic E-state index is 12.5. The second-order valence-electron chi connectivity index (χ2n) is 7.48. The molecule has 0 atom stereocenters. The number of amides is 1. The average Bonchev–Trinajstić information content (AvgIpc) is 3.07. The lowest BCUT2D eigenvalue weighted by molar-refractivity contribution is 0.0711. The van der Waals surface area contributed by atoms with E-state index in [0.29, 0.717) is 37.4 Å². The zero-order valence-corrected chi connectivity index (χ0v) is 15.7. The van der Waals surface area contributed by atoms with Gasteiger partial charge in [-0.2, -0.15) is 0 Å². The molecule has 1 saturated carbocycles. The molecule has 1 N–H and O–H groups in total. The molecule has 0 spiro atoms. The van der Waals surface area contributed by atoms with Crippen molar-refractivity contribution in [2.75, 3.05) is 18.8 Å². The highest BCUT2D eigenvalue weighted by molar-refractivity contribution is 7.89.